The third kappa shape index (κ3) is 3.22. The van der Waals surface area contributed by atoms with E-state index in [1.807, 2.05) is 13.8 Å². The lowest BCUT2D eigenvalue weighted by atomic mass is 10.4. The highest BCUT2D eigenvalue weighted by atomic mass is 79.9. The highest BCUT2D eigenvalue weighted by molar-refractivity contribution is 9.11. The second-order valence-electron chi connectivity index (χ2n) is 3.88. The van der Waals surface area contributed by atoms with Crippen LogP contribution in [0.3, 0.4) is 0 Å². The molecule has 2 rings (SSSR count). The van der Waals surface area contributed by atoms with Crippen molar-refractivity contribution in [2.45, 2.75) is 31.1 Å². The maximum atomic E-state index is 12.1. The van der Waals surface area contributed by atoms with Gasteiger partial charge in [-0.2, -0.15) is 0 Å². The van der Waals surface area contributed by atoms with Crippen LogP contribution in [0, 0.1) is 6.92 Å². The summed E-state index contributed by atoms with van der Waals surface area (Å²) in [6.45, 7) is 4.63. The van der Waals surface area contributed by atoms with Crippen molar-refractivity contribution < 1.29 is 8.42 Å². The van der Waals surface area contributed by atoms with Crippen molar-refractivity contribution in [1.82, 2.24) is 19.5 Å². The van der Waals surface area contributed by atoms with Gasteiger partial charge in [0, 0.05) is 6.54 Å². The molecule has 0 unspecified atom stereocenters. The first-order valence-electron chi connectivity index (χ1n) is 5.56. The molecule has 2 aromatic heterocycles. The van der Waals surface area contributed by atoms with Crippen molar-refractivity contribution in [3.8, 4) is 0 Å². The third-order valence-electron chi connectivity index (χ3n) is 2.56. The van der Waals surface area contributed by atoms with Crippen LogP contribution in [0.4, 0.5) is 0 Å². The molecular formula is C10H13BrN4O2S2. The van der Waals surface area contributed by atoms with Crippen molar-refractivity contribution in [1.29, 1.82) is 0 Å². The van der Waals surface area contributed by atoms with Crippen molar-refractivity contribution >= 4 is 37.3 Å². The lowest BCUT2D eigenvalue weighted by molar-refractivity contribution is 0.577. The lowest BCUT2D eigenvalue weighted by Crippen LogP contribution is -2.24. The van der Waals surface area contributed by atoms with Gasteiger partial charge in [-0.05, 0) is 41.4 Å². The number of aromatic nitrogens is 3. The Morgan fingerprint density at radius 2 is 2.26 bits per heavy atom. The van der Waals surface area contributed by atoms with Crippen LogP contribution in [-0.2, 0) is 23.1 Å². The number of hydrogen-bond donors (Lipinski definition) is 1. The Bertz CT molecular complexity index is 658. The number of sulfonamides is 1. The van der Waals surface area contributed by atoms with E-state index in [0.29, 0.717) is 16.6 Å². The number of hydrogen-bond acceptors (Lipinski definition) is 5. The molecule has 9 heteroatoms. The minimum atomic E-state index is -3.51. The van der Waals surface area contributed by atoms with E-state index in [1.54, 1.807) is 17.0 Å². The Morgan fingerprint density at radius 3 is 2.84 bits per heavy atom. The van der Waals surface area contributed by atoms with Crippen molar-refractivity contribution in [3.05, 3.63) is 27.6 Å². The van der Waals surface area contributed by atoms with Gasteiger partial charge in [0.25, 0.3) is 10.0 Å². The quantitative estimate of drug-likeness (QED) is 0.878. The molecule has 0 bridgehead atoms. The minimum absolute atomic E-state index is 0.130. The van der Waals surface area contributed by atoms with Gasteiger partial charge in [-0.1, -0.05) is 0 Å². The van der Waals surface area contributed by atoms with Gasteiger partial charge in [-0.25, -0.2) is 13.1 Å². The van der Waals surface area contributed by atoms with Crippen molar-refractivity contribution in [3.63, 3.8) is 0 Å². The Labute approximate surface area is 124 Å². The molecular weight excluding hydrogens is 352 g/mol. The molecule has 0 fully saturated rings. The van der Waals surface area contributed by atoms with E-state index in [1.165, 1.54) is 11.3 Å². The van der Waals surface area contributed by atoms with Gasteiger partial charge in [0.2, 0.25) is 0 Å². The molecule has 0 aliphatic rings. The standard InChI is InChI=1S/C10H13BrN4O2S2/c1-3-15-6-12-14-8(15)5-13-19(16,17)9-4-7(2)10(11)18-9/h4,6,13H,3,5H2,1-2H3. The first kappa shape index (κ1) is 14.6. The van der Waals surface area contributed by atoms with Gasteiger partial charge in [-0.15, -0.1) is 21.5 Å². The zero-order chi connectivity index (χ0) is 14.0. The summed E-state index contributed by atoms with van der Waals surface area (Å²) in [6.07, 6.45) is 1.58. The highest BCUT2D eigenvalue weighted by Gasteiger charge is 2.19. The molecule has 0 saturated heterocycles. The Hall–Kier alpha value is -0.770. The van der Waals surface area contributed by atoms with E-state index < -0.39 is 10.0 Å². The molecule has 0 atom stereocenters. The fourth-order valence-corrected chi connectivity index (χ4v) is 4.73. The average molecular weight is 365 g/mol. The lowest BCUT2D eigenvalue weighted by Gasteiger charge is -2.05. The fraction of sp³-hybridized carbons (Fsp3) is 0.400. The summed E-state index contributed by atoms with van der Waals surface area (Å²) in [5.41, 5.74) is 0.905. The van der Waals surface area contributed by atoms with Crippen LogP contribution >= 0.6 is 27.3 Å². The van der Waals surface area contributed by atoms with Crippen molar-refractivity contribution in [2.24, 2.45) is 0 Å². The summed E-state index contributed by atoms with van der Waals surface area (Å²) in [5, 5.41) is 7.64. The predicted molar refractivity (Wildman–Crippen MR) is 76.5 cm³/mol. The molecule has 0 aromatic carbocycles. The molecule has 0 spiro atoms. The van der Waals surface area contributed by atoms with E-state index in [4.69, 9.17) is 0 Å². The number of thiophene rings is 1. The molecule has 0 saturated carbocycles. The van der Waals surface area contributed by atoms with Crippen LogP contribution in [0.1, 0.15) is 18.3 Å². The number of aryl methyl sites for hydroxylation is 2. The van der Waals surface area contributed by atoms with E-state index in [0.717, 1.165) is 9.35 Å². The maximum absolute atomic E-state index is 12.1. The monoisotopic (exact) mass is 364 g/mol. The summed E-state index contributed by atoms with van der Waals surface area (Å²) in [6, 6.07) is 1.64. The second-order valence-corrected chi connectivity index (χ2v) is 8.24. The molecule has 0 aliphatic heterocycles. The molecule has 0 aliphatic carbocycles. The van der Waals surface area contributed by atoms with Gasteiger partial charge >= 0.3 is 0 Å². The SMILES string of the molecule is CCn1cnnc1CNS(=O)(=O)c1cc(C)c(Br)s1. The fourth-order valence-electron chi connectivity index (χ4n) is 1.47. The molecule has 2 heterocycles. The van der Waals surface area contributed by atoms with Crippen LogP contribution in [0.2, 0.25) is 0 Å². The van der Waals surface area contributed by atoms with Gasteiger partial charge in [-0.3, -0.25) is 0 Å². The van der Waals surface area contributed by atoms with Gasteiger partial charge in [0.15, 0.2) is 0 Å². The summed E-state index contributed by atoms with van der Waals surface area (Å²) < 4.78 is 29.7. The first-order chi connectivity index (χ1) is 8.94. The van der Waals surface area contributed by atoms with Crippen LogP contribution < -0.4 is 4.72 Å². The number of nitrogens with zero attached hydrogens (tertiary/aromatic N) is 3. The topological polar surface area (TPSA) is 76.9 Å². The van der Waals surface area contributed by atoms with Gasteiger partial charge in [0.05, 0.1) is 10.3 Å². The second kappa shape index (κ2) is 5.70. The Balaban J connectivity index is 2.14. The zero-order valence-electron chi connectivity index (χ0n) is 10.4. The first-order valence-corrected chi connectivity index (χ1v) is 8.65. The molecule has 2 aromatic rings. The summed E-state index contributed by atoms with van der Waals surface area (Å²) in [5.74, 6) is 0.596. The van der Waals surface area contributed by atoms with Gasteiger partial charge < -0.3 is 4.57 Å². The van der Waals surface area contributed by atoms with Crippen LogP contribution in [0.5, 0.6) is 0 Å². The normalized spacial score (nSPS) is 11.9. The largest absolute Gasteiger partial charge is 0.317 e. The van der Waals surface area contributed by atoms with Crippen LogP contribution in [0.15, 0.2) is 20.4 Å². The zero-order valence-corrected chi connectivity index (χ0v) is 13.6. The molecule has 19 heavy (non-hydrogen) atoms. The molecule has 1 N–H and O–H groups in total. The number of rotatable bonds is 5. The molecule has 6 nitrogen and oxygen atoms in total. The van der Waals surface area contributed by atoms with E-state index in [9.17, 15) is 8.42 Å². The molecule has 0 radical (unpaired) electrons. The van der Waals surface area contributed by atoms with E-state index in [2.05, 4.69) is 30.8 Å². The summed E-state index contributed by atoms with van der Waals surface area (Å²) in [7, 11) is -3.51. The number of halogens is 1. The van der Waals surface area contributed by atoms with E-state index in [-0.39, 0.29) is 6.54 Å². The Kier molecular flexibility index (Phi) is 4.39. The number of nitrogens with one attached hydrogen (secondary N) is 1. The Morgan fingerprint density at radius 1 is 1.53 bits per heavy atom. The average Bonchev–Trinajstić information content (AvgIpc) is 2.94. The summed E-state index contributed by atoms with van der Waals surface area (Å²) >= 11 is 4.51. The van der Waals surface area contributed by atoms with Gasteiger partial charge in [0.1, 0.15) is 16.4 Å². The minimum Gasteiger partial charge on any atom is -0.317 e. The van der Waals surface area contributed by atoms with Crippen LogP contribution in [-0.4, -0.2) is 23.2 Å². The predicted octanol–water partition coefficient (Wildman–Crippen LogP) is 1.91. The smallest absolute Gasteiger partial charge is 0.250 e. The molecule has 104 valence electrons. The third-order valence-corrected chi connectivity index (χ3v) is 6.57. The highest BCUT2D eigenvalue weighted by Crippen LogP contribution is 2.30. The summed E-state index contributed by atoms with van der Waals surface area (Å²) in [4.78, 5) is 0. The van der Waals surface area contributed by atoms with Crippen LogP contribution in [0.25, 0.3) is 0 Å². The van der Waals surface area contributed by atoms with Crippen molar-refractivity contribution in [2.75, 3.05) is 0 Å². The molecule has 0 amide bonds. The maximum Gasteiger partial charge on any atom is 0.250 e. The van der Waals surface area contributed by atoms with E-state index >= 15 is 0 Å².